The molecule has 0 amide bonds. The average molecular weight is 300 g/mol. The summed E-state index contributed by atoms with van der Waals surface area (Å²) in [6.45, 7) is 1.31. The molecule has 3 aromatic rings. The molecule has 1 heterocycles. The molecule has 6 heteroatoms. The van der Waals surface area contributed by atoms with Gasteiger partial charge in [0.25, 0.3) is 0 Å². The zero-order valence-corrected chi connectivity index (χ0v) is 11.7. The van der Waals surface area contributed by atoms with Crippen molar-refractivity contribution < 1.29 is 19.4 Å². The number of aryl methyl sites for hydroxylation is 1. The van der Waals surface area contributed by atoms with Crippen LogP contribution in [-0.4, -0.2) is 26.2 Å². The van der Waals surface area contributed by atoms with Crippen LogP contribution in [0.4, 0.5) is 4.39 Å². The normalized spacial score (nSPS) is 11.0. The number of carboxylic acids is 1. The van der Waals surface area contributed by atoms with Gasteiger partial charge in [0.2, 0.25) is 0 Å². The van der Waals surface area contributed by atoms with Crippen LogP contribution in [0.25, 0.3) is 22.2 Å². The molecule has 5 nitrogen and oxygen atoms in total. The van der Waals surface area contributed by atoms with E-state index in [1.54, 1.807) is 18.2 Å². The fraction of sp³-hybridized carbons (Fsp3) is 0.125. The Bertz CT molecular complexity index is 886. The van der Waals surface area contributed by atoms with Crippen molar-refractivity contribution in [1.82, 2.24) is 9.97 Å². The molecule has 3 rings (SSSR count). The van der Waals surface area contributed by atoms with E-state index in [0.717, 1.165) is 22.9 Å². The van der Waals surface area contributed by atoms with Crippen LogP contribution in [0.3, 0.4) is 0 Å². The molecule has 0 saturated carbocycles. The van der Waals surface area contributed by atoms with Gasteiger partial charge in [0.05, 0.1) is 23.2 Å². The van der Waals surface area contributed by atoms with Gasteiger partial charge in [0.15, 0.2) is 0 Å². The number of carboxylic acid groups (broad SMARTS) is 1. The number of hydrogen-bond acceptors (Lipinski definition) is 3. The second kappa shape index (κ2) is 5.23. The summed E-state index contributed by atoms with van der Waals surface area (Å²) in [5, 5.41) is 18.5. The van der Waals surface area contributed by atoms with Crippen molar-refractivity contribution in [2.75, 3.05) is 0 Å². The number of H-pyrrole nitrogens is 1. The molecule has 0 unspecified atom stereocenters. The maximum atomic E-state index is 14.0. The first-order valence-electron chi connectivity index (χ1n) is 6.63. The minimum atomic E-state index is -1.22. The first-order valence-corrected chi connectivity index (χ1v) is 6.63. The Labute approximate surface area is 125 Å². The summed E-state index contributed by atoms with van der Waals surface area (Å²) in [5.74, 6) is -1.21. The number of benzene rings is 2. The number of nitrogens with zero attached hydrogens (tertiary/aromatic N) is 1. The monoisotopic (exact) mass is 300 g/mol. The summed E-state index contributed by atoms with van der Waals surface area (Å²) < 4.78 is 14.0. The van der Waals surface area contributed by atoms with Gasteiger partial charge in [-0.15, -0.1) is 0 Å². The van der Waals surface area contributed by atoms with Crippen molar-refractivity contribution in [1.29, 1.82) is 0 Å². The van der Waals surface area contributed by atoms with Crippen LogP contribution in [0.15, 0.2) is 30.3 Å². The lowest BCUT2D eigenvalue weighted by Crippen LogP contribution is -2.02. The van der Waals surface area contributed by atoms with Crippen LogP contribution in [0.1, 0.15) is 21.7 Å². The SMILES string of the molecule is Cc1nc2ccc(-c3cc(C(=O)O)cc(F)c3CO)cc2[nH]1. The molecule has 0 radical (unpaired) electrons. The third-order valence-corrected chi connectivity index (χ3v) is 3.51. The van der Waals surface area contributed by atoms with Gasteiger partial charge in [-0.1, -0.05) is 6.07 Å². The average Bonchev–Trinajstić information content (AvgIpc) is 2.85. The minimum absolute atomic E-state index is 0.0700. The number of carbonyl (C=O) groups is 1. The standard InChI is InChI=1S/C16H13FN2O3/c1-8-18-14-3-2-9(6-15(14)19-8)11-4-10(16(21)22)5-13(17)12(11)7-20/h2-6,20H,7H2,1H3,(H,18,19)(H,21,22). The summed E-state index contributed by atoms with van der Waals surface area (Å²) in [7, 11) is 0. The third-order valence-electron chi connectivity index (χ3n) is 3.51. The number of aromatic amines is 1. The predicted octanol–water partition coefficient (Wildman–Crippen LogP) is 2.87. The Morgan fingerprint density at radius 2 is 2.09 bits per heavy atom. The number of aliphatic hydroxyl groups is 1. The van der Waals surface area contributed by atoms with Crippen LogP contribution in [0, 0.1) is 12.7 Å². The van der Waals surface area contributed by atoms with E-state index in [1.807, 2.05) is 6.92 Å². The van der Waals surface area contributed by atoms with Crippen molar-refractivity contribution >= 4 is 17.0 Å². The summed E-state index contributed by atoms with van der Waals surface area (Å²) in [5.41, 5.74) is 2.41. The second-order valence-electron chi connectivity index (χ2n) is 5.00. The molecule has 2 aromatic carbocycles. The van der Waals surface area contributed by atoms with E-state index in [1.165, 1.54) is 6.07 Å². The van der Waals surface area contributed by atoms with E-state index in [2.05, 4.69) is 9.97 Å². The number of nitrogens with one attached hydrogen (secondary N) is 1. The maximum Gasteiger partial charge on any atom is 0.335 e. The van der Waals surface area contributed by atoms with Crippen molar-refractivity contribution in [2.45, 2.75) is 13.5 Å². The van der Waals surface area contributed by atoms with Gasteiger partial charge >= 0.3 is 5.97 Å². The van der Waals surface area contributed by atoms with Gasteiger partial charge in [-0.2, -0.15) is 0 Å². The van der Waals surface area contributed by atoms with Crippen LogP contribution in [0.5, 0.6) is 0 Å². The highest BCUT2D eigenvalue weighted by Gasteiger charge is 2.16. The predicted molar refractivity (Wildman–Crippen MR) is 79.1 cm³/mol. The Morgan fingerprint density at radius 1 is 1.32 bits per heavy atom. The molecule has 0 bridgehead atoms. The Morgan fingerprint density at radius 3 is 2.77 bits per heavy atom. The van der Waals surface area contributed by atoms with Crippen molar-refractivity contribution in [2.24, 2.45) is 0 Å². The molecule has 22 heavy (non-hydrogen) atoms. The zero-order valence-electron chi connectivity index (χ0n) is 11.7. The highest BCUT2D eigenvalue weighted by Crippen LogP contribution is 2.29. The van der Waals surface area contributed by atoms with Gasteiger partial charge in [-0.05, 0) is 42.3 Å². The van der Waals surface area contributed by atoms with Gasteiger partial charge in [0.1, 0.15) is 11.6 Å². The first-order chi connectivity index (χ1) is 10.5. The van der Waals surface area contributed by atoms with Gasteiger partial charge in [0, 0.05) is 5.56 Å². The maximum absolute atomic E-state index is 14.0. The fourth-order valence-electron chi connectivity index (χ4n) is 2.48. The minimum Gasteiger partial charge on any atom is -0.478 e. The van der Waals surface area contributed by atoms with Crippen LogP contribution in [0.2, 0.25) is 0 Å². The molecule has 0 spiro atoms. The number of halogens is 1. The third kappa shape index (κ3) is 2.33. The molecule has 0 saturated heterocycles. The molecule has 0 fully saturated rings. The Kier molecular flexibility index (Phi) is 3.38. The van der Waals surface area contributed by atoms with Gasteiger partial charge in [-0.25, -0.2) is 14.2 Å². The Balaban J connectivity index is 2.25. The van der Waals surface area contributed by atoms with E-state index >= 15 is 0 Å². The molecule has 0 aliphatic carbocycles. The van der Waals surface area contributed by atoms with E-state index in [-0.39, 0.29) is 11.1 Å². The number of rotatable bonds is 3. The molecular weight excluding hydrogens is 287 g/mol. The van der Waals surface area contributed by atoms with Crippen molar-refractivity contribution in [3.63, 3.8) is 0 Å². The van der Waals surface area contributed by atoms with Crippen LogP contribution >= 0.6 is 0 Å². The molecule has 0 atom stereocenters. The molecule has 0 aliphatic heterocycles. The number of hydrogen-bond donors (Lipinski definition) is 3. The van der Waals surface area contributed by atoms with Gasteiger partial charge in [-0.3, -0.25) is 0 Å². The van der Waals surface area contributed by atoms with Crippen LogP contribution < -0.4 is 0 Å². The van der Waals surface area contributed by atoms with Crippen molar-refractivity contribution in [3.05, 3.63) is 53.1 Å². The number of aromatic nitrogens is 2. The van der Waals surface area contributed by atoms with E-state index in [9.17, 15) is 14.3 Å². The van der Waals surface area contributed by atoms with E-state index in [4.69, 9.17) is 5.11 Å². The number of fused-ring (bicyclic) bond motifs is 1. The zero-order chi connectivity index (χ0) is 15.9. The quantitative estimate of drug-likeness (QED) is 0.694. The highest BCUT2D eigenvalue weighted by atomic mass is 19.1. The summed E-state index contributed by atoms with van der Waals surface area (Å²) in [6.07, 6.45) is 0. The van der Waals surface area contributed by atoms with E-state index in [0.29, 0.717) is 11.1 Å². The van der Waals surface area contributed by atoms with E-state index < -0.39 is 18.4 Å². The topological polar surface area (TPSA) is 86.2 Å². The van der Waals surface area contributed by atoms with Gasteiger partial charge < -0.3 is 15.2 Å². The Hall–Kier alpha value is -2.73. The molecule has 3 N–H and O–H groups in total. The molecular formula is C16H13FN2O3. The second-order valence-corrected chi connectivity index (χ2v) is 5.00. The molecule has 112 valence electrons. The lowest BCUT2D eigenvalue weighted by Gasteiger charge is -2.10. The fourth-order valence-corrected chi connectivity index (χ4v) is 2.48. The lowest BCUT2D eigenvalue weighted by molar-refractivity contribution is 0.0696. The number of aromatic carboxylic acids is 1. The molecule has 1 aromatic heterocycles. The number of aliphatic hydroxyl groups excluding tert-OH is 1. The summed E-state index contributed by atoms with van der Waals surface area (Å²) in [6, 6.07) is 7.52. The molecule has 0 aliphatic rings. The highest BCUT2D eigenvalue weighted by molar-refractivity contribution is 5.91. The van der Waals surface area contributed by atoms with Crippen LogP contribution in [-0.2, 0) is 6.61 Å². The summed E-state index contributed by atoms with van der Waals surface area (Å²) >= 11 is 0. The smallest absolute Gasteiger partial charge is 0.335 e. The lowest BCUT2D eigenvalue weighted by atomic mass is 9.96. The first kappa shape index (κ1) is 14.2. The largest absolute Gasteiger partial charge is 0.478 e. The van der Waals surface area contributed by atoms with Crippen molar-refractivity contribution in [3.8, 4) is 11.1 Å². The summed E-state index contributed by atoms with van der Waals surface area (Å²) in [4.78, 5) is 18.5. The number of imidazole rings is 1.